The molecule has 0 aromatic heterocycles. The summed E-state index contributed by atoms with van der Waals surface area (Å²) >= 11 is 0. The summed E-state index contributed by atoms with van der Waals surface area (Å²) in [4.78, 5) is 34.4. The second-order valence-electron chi connectivity index (χ2n) is 4.43. The van der Waals surface area contributed by atoms with Gasteiger partial charge in [-0.3, -0.25) is 14.4 Å². The van der Waals surface area contributed by atoms with Gasteiger partial charge in [0.2, 0.25) is 0 Å². The molecule has 5 nitrogen and oxygen atoms in total. The summed E-state index contributed by atoms with van der Waals surface area (Å²) in [6, 6.07) is 0. The lowest BCUT2D eigenvalue weighted by Gasteiger charge is -2.37. The molecule has 15 heavy (non-hydrogen) atoms. The Hall–Kier alpha value is -1.39. The topological polar surface area (TPSA) is 80.7 Å². The first-order chi connectivity index (χ1) is 6.95. The van der Waals surface area contributed by atoms with Gasteiger partial charge in [0, 0.05) is 0 Å². The molecule has 2 unspecified atom stereocenters. The summed E-state index contributed by atoms with van der Waals surface area (Å²) in [5, 5.41) is 9.20. The van der Waals surface area contributed by atoms with Gasteiger partial charge < -0.3 is 9.84 Å². The van der Waals surface area contributed by atoms with E-state index in [9.17, 15) is 19.5 Å². The van der Waals surface area contributed by atoms with Crippen molar-refractivity contribution in [2.45, 2.75) is 32.6 Å². The van der Waals surface area contributed by atoms with Crippen LogP contribution in [0.5, 0.6) is 0 Å². The Kier molecular flexibility index (Phi) is 1.90. The van der Waals surface area contributed by atoms with Crippen LogP contribution in [0.2, 0.25) is 0 Å². The first-order valence-electron chi connectivity index (χ1n) is 4.95. The Morgan fingerprint density at radius 2 is 1.87 bits per heavy atom. The van der Waals surface area contributed by atoms with E-state index in [1.165, 1.54) is 6.92 Å². The predicted octanol–water partition coefficient (Wildman–Crippen LogP) is 0.721. The molecule has 2 atom stereocenters. The molecule has 0 bridgehead atoms. The van der Waals surface area contributed by atoms with E-state index in [1.807, 2.05) is 0 Å². The first kappa shape index (κ1) is 10.1. The lowest BCUT2D eigenvalue weighted by Crippen LogP contribution is -2.50. The molecular weight excluding hydrogens is 200 g/mol. The van der Waals surface area contributed by atoms with Crippen molar-refractivity contribution in [2.75, 3.05) is 0 Å². The van der Waals surface area contributed by atoms with Gasteiger partial charge in [0.05, 0.1) is 5.41 Å². The minimum absolute atomic E-state index is 0.198. The van der Waals surface area contributed by atoms with Crippen molar-refractivity contribution in [1.82, 2.24) is 0 Å². The number of fused-ring (bicyclic) bond motifs is 1. The van der Waals surface area contributed by atoms with Crippen molar-refractivity contribution in [1.29, 1.82) is 0 Å². The Labute approximate surface area is 86.4 Å². The molecule has 1 saturated heterocycles. The third-order valence-electron chi connectivity index (χ3n) is 3.77. The summed E-state index contributed by atoms with van der Waals surface area (Å²) in [6.07, 6.45) is 2.01. The van der Waals surface area contributed by atoms with E-state index in [0.717, 1.165) is 6.42 Å². The molecule has 0 radical (unpaired) electrons. The van der Waals surface area contributed by atoms with Crippen molar-refractivity contribution >= 4 is 17.9 Å². The standard InChI is InChI=1S/C10H12O5/c1-9-4-2-3-5-10(9,6(11)12)8(14)15-7(9)13/h2-5H2,1H3,(H,11,12). The molecule has 0 amide bonds. The molecule has 0 aromatic carbocycles. The predicted molar refractivity (Wildman–Crippen MR) is 47.7 cm³/mol. The van der Waals surface area contributed by atoms with Crippen molar-refractivity contribution in [2.24, 2.45) is 10.8 Å². The maximum absolute atomic E-state index is 11.6. The molecule has 1 N–H and O–H groups in total. The van der Waals surface area contributed by atoms with Gasteiger partial charge in [0.15, 0.2) is 5.41 Å². The molecule has 2 fully saturated rings. The molecule has 0 aromatic rings. The number of hydrogen-bond acceptors (Lipinski definition) is 4. The van der Waals surface area contributed by atoms with Crippen LogP contribution in [0.15, 0.2) is 0 Å². The fourth-order valence-corrected chi connectivity index (χ4v) is 2.68. The van der Waals surface area contributed by atoms with E-state index >= 15 is 0 Å². The molecule has 1 aliphatic carbocycles. The van der Waals surface area contributed by atoms with E-state index in [0.29, 0.717) is 12.8 Å². The van der Waals surface area contributed by atoms with Gasteiger partial charge in [-0.15, -0.1) is 0 Å². The number of aliphatic carboxylic acids is 1. The number of hydrogen-bond donors (Lipinski definition) is 1. The van der Waals surface area contributed by atoms with E-state index < -0.39 is 28.7 Å². The lowest BCUT2D eigenvalue weighted by atomic mass is 9.58. The third kappa shape index (κ3) is 0.952. The fourth-order valence-electron chi connectivity index (χ4n) is 2.68. The highest BCUT2D eigenvalue weighted by molar-refractivity contribution is 6.13. The van der Waals surface area contributed by atoms with Crippen LogP contribution < -0.4 is 0 Å². The van der Waals surface area contributed by atoms with Gasteiger partial charge in [0.1, 0.15) is 0 Å². The molecule has 5 heteroatoms. The Bertz CT molecular complexity index is 361. The van der Waals surface area contributed by atoms with Gasteiger partial charge in [-0.1, -0.05) is 12.8 Å². The molecule has 82 valence electrons. The molecular formula is C10H12O5. The highest BCUT2D eigenvalue weighted by Gasteiger charge is 2.70. The Morgan fingerprint density at radius 1 is 1.27 bits per heavy atom. The Balaban J connectivity index is 2.58. The van der Waals surface area contributed by atoms with Crippen LogP contribution in [0, 0.1) is 10.8 Å². The number of carboxylic acid groups (broad SMARTS) is 1. The number of esters is 2. The van der Waals surface area contributed by atoms with E-state index in [2.05, 4.69) is 4.74 Å². The quantitative estimate of drug-likeness (QED) is 0.511. The average molecular weight is 212 g/mol. The van der Waals surface area contributed by atoms with E-state index in [1.54, 1.807) is 0 Å². The van der Waals surface area contributed by atoms with Crippen LogP contribution in [0.1, 0.15) is 32.6 Å². The summed E-state index contributed by atoms with van der Waals surface area (Å²) in [6.45, 7) is 1.52. The minimum Gasteiger partial charge on any atom is -0.480 e. The van der Waals surface area contributed by atoms with Gasteiger partial charge in [0.25, 0.3) is 0 Å². The van der Waals surface area contributed by atoms with Crippen molar-refractivity contribution in [3.63, 3.8) is 0 Å². The molecule has 2 rings (SSSR count). The van der Waals surface area contributed by atoms with Crippen LogP contribution in [-0.2, 0) is 19.1 Å². The molecule has 1 saturated carbocycles. The summed E-state index contributed by atoms with van der Waals surface area (Å²) < 4.78 is 4.52. The van der Waals surface area contributed by atoms with E-state index in [-0.39, 0.29) is 6.42 Å². The van der Waals surface area contributed by atoms with Crippen LogP contribution in [0.4, 0.5) is 0 Å². The normalized spacial score (nSPS) is 39.8. The number of rotatable bonds is 1. The van der Waals surface area contributed by atoms with Crippen molar-refractivity contribution < 1.29 is 24.2 Å². The summed E-state index contributed by atoms with van der Waals surface area (Å²) in [7, 11) is 0. The zero-order valence-corrected chi connectivity index (χ0v) is 8.41. The van der Waals surface area contributed by atoms with Gasteiger partial charge in [-0.2, -0.15) is 0 Å². The summed E-state index contributed by atoms with van der Waals surface area (Å²) in [5.41, 5.74) is -2.81. The Morgan fingerprint density at radius 3 is 2.40 bits per heavy atom. The van der Waals surface area contributed by atoms with Crippen LogP contribution >= 0.6 is 0 Å². The molecule has 0 spiro atoms. The number of ether oxygens (including phenoxy) is 1. The highest BCUT2D eigenvalue weighted by atomic mass is 16.6. The highest BCUT2D eigenvalue weighted by Crippen LogP contribution is 2.56. The largest absolute Gasteiger partial charge is 0.480 e. The molecule has 1 aliphatic heterocycles. The zero-order chi connectivity index (χ0) is 11.3. The van der Waals surface area contributed by atoms with Crippen LogP contribution in [0.3, 0.4) is 0 Å². The maximum Gasteiger partial charge on any atom is 0.332 e. The smallest absolute Gasteiger partial charge is 0.332 e. The third-order valence-corrected chi connectivity index (χ3v) is 3.77. The first-order valence-corrected chi connectivity index (χ1v) is 4.95. The van der Waals surface area contributed by atoms with E-state index in [4.69, 9.17) is 0 Å². The number of carbonyl (C=O) groups is 3. The van der Waals surface area contributed by atoms with Gasteiger partial charge in [-0.05, 0) is 19.8 Å². The number of carboxylic acids is 1. The molecule has 2 aliphatic rings. The summed E-state index contributed by atoms with van der Waals surface area (Å²) in [5.74, 6) is -2.81. The van der Waals surface area contributed by atoms with Gasteiger partial charge >= 0.3 is 17.9 Å². The lowest BCUT2D eigenvalue weighted by molar-refractivity contribution is -0.167. The van der Waals surface area contributed by atoms with Crippen molar-refractivity contribution in [3.8, 4) is 0 Å². The van der Waals surface area contributed by atoms with Crippen LogP contribution in [0.25, 0.3) is 0 Å². The SMILES string of the molecule is CC12CCCCC1(C(=O)O)C(=O)OC2=O. The zero-order valence-electron chi connectivity index (χ0n) is 8.41. The molecule has 1 heterocycles. The number of cyclic esters (lactones) is 2. The van der Waals surface area contributed by atoms with Gasteiger partial charge in [-0.25, -0.2) is 0 Å². The number of carbonyl (C=O) groups excluding carboxylic acids is 2. The maximum atomic E-state index is 11.6. The minimum atomic E-state index is -1.64. The fraction of sp³-hybridized carbons (Fsp3) is 0.700. The second-order valence-corrected chi connectivity index (χ2v) is 4.43. The average Bonchev–Trinajstić information content (AvgIpc) is 2.36. The monoisotopic (exact) mass is 212 g/mol. The second kappa shape index (κ2) is 2.81. The van der Waals surface area contributed by atoms with Crippen molar-refractivity contribution in [3.05, 3.63) is 0 Å². The van der Waals surface area contributed by atoms with Crippen LogP contribution in [-0.4, -0.2) is 23.0 Å².